The summed E-state index contributed by atoms with van der Waals surface area (Å²) in [5.41, 5.74) is 2.05. The van der Waals surface area contributed by atoms with Crippen LogP contribution in [0.5, 0.6) is 0 Å². The molecule has 0 aliphatic rings. The van der Waals surface area contributed by atoms with E-state index < -0.39 is 0 Å². The lowest BCUT2D eigenvalue weighted by Gasteiger charge is -2.05. The molecule has 2 N–H and O–H groups in total. The zero-order valence-electron chi connectivity index (χ0n) is 8.73. The number of nitrogens with zero attached hydrogens (tertiary/aromatic N) is 3. The van der Waals surface area contributed by atoms with Crippen molar-refractivity contribution in [3.8, 4) is 0 Å². The van der Waals surface area contributed by atoms with Crippen molar-refractivity contribution in [3.05, 3.63) is 11.4 Å². The SMILES string of the molecule is CSCc1nnn(N)c1CSC(C)C. The number of hydrogen-bond donors (Lipinski definition) is 1. The van der Waals surface area contributed by atoms with Gasteiger partial charge in [-0.05, 0) is 16.7 Å². The fraction of sp³-hybridized carbons (Fsp3) is 0.750. The Hall–Kier alpha value is -0.360. The van der Waals surface area contributed by atoms with Crippen LogP contribution in [0, 0.1) is 0 Å². The molecule has 0 radical (unpaired) electrons. The van der Waals surface area contributed by atoms with Gasteiger partial charge in [0, 0.05) is 11.5 Å². The number of nitrogen functional groups attached to an aromatic ring is 1. The van der Waals surface area contributed by atoms with E-state index in [4.69, 9.17) is 5.84 Å². The molecule has 0 bridgehead atoms. The normalized spacial score (nSPS) is 11.1. The molecule has 4 nitrogen and oxygen atoms in total. The van der Waals surface area contributed by atoms with Gasteiger partial charge in [-0.25, -0.2) is 0 Å². The smallest absolute Gasteiger partial charge is 0.0988 e. The molecule has 1 aromatic rings. The highest BCUT2D eigenvalue weighted by molar-refractivity contribution is 7.99. The number of thioether (sulfide) groups is 2. The van der Waals surface area contributed by atoms with Crippen LogP contribution in [0.4, 0.5) is 0 Å². The first-order valence-corrected chi connectivity index (χ1v) is 6.88. The first-order chi connectivity index (χ1) is 6.65. The van der Waals surface area contributed by atoms with E-state index in [-0.39, 0.29) is 0 Å². The molecule has 0 fully saturated rings. The molecule has 0 aromatic carbocycles. The van der Waals surface area contributed by atoms with Crippen LogP contribution in [0.1, 0.15) is 25.2 Å². The first kappa shape index (κ1) is 11.7. The van der Waals surface area contributed by atoms with Crippen LogP contribution in [0.15, 0.2) is 0 Å². The molecule has 6 heteroatoms. The second-order valence-corrected chi connectivity index (χ2v) is 5.65. The van der Waals surface area contributed by atoms with Crippen LogP contribution >= 0.6 is 23.5 Å². The van der Waals surface area contributed by atoms with Crippen molar-refractivity contribution in [1.29, 1.82) is 0 Å². The van der Waals surface area contributed by atoms with Crippen molar-refractivity contribution in [2.75, 3.05) is 12.1 Å². The van der Waals surface area contributed by atoms with Gasteiger partial charge >= 0.3 is 0 Å². The summed E-state index contributed by atoms with van der Waals surface area (Å²) in [4.78, 5) is 1.39. The molecule has 1 aromatic heterocycles. The van der Waals surface area contributed by atoms with Crippen LogP contribution < -0.4 is 5.84 Å². The number of rotatable bonds is 5. The summed E-state index contributed by atoms with van der Waals surface area (Å²) in [6.45, 7) is 4.34. The minimum atomic E-state index is 0.604. The average Bonchev–Trinajstić information content (AvgIpc) is 2.45. The van der Waals surface area contributed by atoms with Gasteiger partial charge in [0.15, 0.2) is 0 Å². The van der Waals surface area contributed by atoms with Crippen molar-refractivity contribution in [3.63, 3.8) is 0 Å². The summed E-state index contributed by atoms with van der Waals surface area (Å²) >= 11 is 3.59. The fourth-order valence-corrected chi connectivity index (χ4v) is 2.28. The molecule has 0 unspecified atom stereocenters. The Morgan fingerprint density at radius 1 is 1.43 bits per heavy atom. The average molecular weight is 232 g/mol. The second-order valence-electron chi connectivity index (χ2n) is 3.22. The molecule has 80 valence electrons. The topological polar surface area (TPSA) is 56.7 Å². The van der Waals surface area contributed by atoms with E-state index in [1.807, 2.05) is 11.8 Å². The van der Waals surface area contributed by atoms with E-state index >= 15 is 0 Å². The third-order valence-corrected chi connectivity index (χ3v) is 3.37. The van der Waals surface area contributed by atoms with Crippen LogP contribution in [0.25, 0.3) is 0 Å². The minimum absolute atomic E-state index is 0.604. The van der Waals surface area contributed by atoms with Gasteiger partial charge < -0.3 is 5.84 Å². The highest BCUT2D eigenvalue weighted by Crippen LogP contribution is 2.19. The Labute approximate surface area is 93.0 Å². The Morgan fingerprint density at radius 2 is 2.14 bits per heavy atom. The minimum Gasteiger partial charge on any atom is -0.321 e. The largest absolute Gasteiger partial charge is 0.321 e. The molecule has 0 amide bonds. The summed E-state index contributed by atoms with van der Waals surface area (Å²) in [5, 5.41) is 8.47. The molecule has 1 rings (SSSR count). The lowest BCUT2D eigenvalue weighted by Crippen LogP contribution is -2.14. The van der Waals surface area contributed by atoms with Crippen LogP contribution in [-0.4, -0.2) is 26.6 Å². The third kappa shape index (κ3) is 3.09. The van der Waals surface area contributed by atoms with Crippen molar-refractivity contribution in [2.45, 2.75) is 30.6 Å². The van der Waals surface area contributed by atoms with Gasteiger partial charge in [0.05, 0.1) is 11.4 Å². The third-order valence-electron chi connectivity index (χ3n) is 1.71. The van der Waals surface area contributed by atoms with Gasteiger partial charge in [0.1, 0.15) is 0 Å². The maximum atomic E-state index is 5.68. The van der Waals surface area contributed by atoms with Gasteiger partial charge in [0.25, 0.3) is 0 Å². The van der Waals surface area contributed by atoms with E-state index in [9.17, 15) is 0 Å². The van der Waals surface area contributed by atoms with Crippen molar-refractivity contribution in [1.82, 2.24) is 15.1 Å². The molecule has 0 aliphatic heterocycles. The monoisotopic (exact) mass is 232 g/mol. The van der Waals surface area contributed by atoms with Gasteiger partial charge in [0.2, 0.25) is 0 Å². The Balaban J connectivity index is 2.67. The lowest BCUT2D eigenvalue weighted by atomic mass is 10.4. The summed E-state index contributed by atoms with van der Waals surface area (Å²) in [5.74, 6) is 7.44. The van der Waals surface area contributed by atoms with E-state index in [0.717, 1.165) is 22.9 Å². The van der Waals surface area contributed by atoms with Crippen LogP contribution in [0.3, 0.4) is 0 Å². The molecular formula is C8H16N4S2. The highest BCUT2D eigenvalue weighted by atomic mass is 32.2. The summed E-state index contributed by atoms with van der Waals surface area (Å²) in [6, 6.07) is 0. The van der Waals surface area contributed by atoms with Crippen molar-refractivity contribution >= 4 is 23.5 Å². The van der Waals surface area contributed by atoms with E-state index in [1.54, 1.807) is 11.8 Å². The predicted molar refractivity (Wildman–Crippen MR) is 63.8 cm³/mol. The quantitative estimate of drug-likeness (QED) is 0.780. The summed E-state index contributed by atoms with van der Waals surface area (Å²) in [7, 11) is 0. The van der Waals surface area contributed by atoms with Gasteiger partial charge in [-0.15, -0.1) is 5.10 Å². The zero-order chi connectivity index (χ0) is 10.6. The van der Waals surface area contributed by atoms with E-state index in [1.165, 1.54) is 4.79 Å². The van der Waals surface area contributed by atoms with E-state index in [2.05, 4.69) is 30.4 Å². The second kappa shape index (κ2) is 5.50. The van der Waals surface area contributed by atoms with Gasteiger partial charge in [-0.1, -0.05) is 13.8 Å². The Kier molecular flexibility index (Phi) is 4.60. The fourth-order valence-electron chi connectivity index (χ4n) is 0.990. The van der Waals surface area contributed by atoms with Crippen molar-refractivity contribution < 1.29 is 0 Å². The molecule has 0 spiro atoms. The lowest BCUT2D eigenvalue weighted by molar-refractivity contribution is 0.743. The summed E-state index contributed by atoms with van der Waals surface area (Å²) in [6.07, 6.45) is 2.05. The van der Waals surface area contributed by atoms with Crippen LogP contribution in [0.2, 0.25) is 0 Å². The molecule has 0 atom stereocenters. The molecule has 0 aliphatic carbocycles. The predicted octanol–water partition coefficient (Wildman–Crippen LogP) is 1.50. The highest BCUT2D eigenvalue weighted by Gasteiger charge is 2.11. The van der Waals surface area contributed by atoms with Gasteiger partial charge in [-0.2, -0.15) is 28.3 Å². The molecule has 0 saturated carbocycles. The number of aromatic nitrogens is 3. The van der Waals surface area contributed by atoms with Gasteiger partial charge in [-0.3, -0.25) is 0 Å². The maximum absolute atomic E-state index is 5.68. The standard InChI is InChI=1S/C8H16N4S2/c1-6(2)14-5-8-7(4-13-3)10-11-12(8)9/h6H,4-5,9H2,1-3H3. The number of nitrogens with two attached hydrogens (primary N) is 1. The Morgan fingerprint density at radius 3 is 2.71 bits per heavy atom. The number of hydrogen-bond acceptors (Lipinski definition) is 5. The molecule has 14 heavy (non-hydrogen) atoms. The maximum Gasteiger partial charge on any atom is 0.0988 e. The van der Waals surface area contributed by atoms with Crippen molar-refractivity contribution in [2.24, 2.45) is 0 Å². The molecule has 1 heterocycles. The Bertz CT molecular complexity index is 285. The summed E-state index contributed by atoms with van der Waals surface area (Å²) < 4.78 is 0. The molecular weight excluding hydrogens is 216 g/mol. The van der Waals surface area contributed by atoms with Crippen LogP contribution in [-0.2, 0) is 11.5 Å². The van der Waals surface area contributed by atoms with E-state index in [0.29, 0.717) is 5.25 Å². The molecule has 0 saturated heterocycles. The zero-order valence-corrected chi connectivity index (χ0v) is 10.4. The first-order valence-electron chi connectivity index (χ1n) is 4.44.